The third kappa shape index (κ3) is 1.85. The minimum atomic E-state index is -0.887. The van der Waals surface area contributed by atoms with E-state index in [-0.39, 0.29) is 12.1 Å². The molecule has 2 rings (SSSR count). The van der Waals surface area contributed by atoms with Gasteiger partial charge in [-0.25, -0.2) is 13.6 Å². The highest BCUT2D eigenvalue weighted by Gasteiger charge is 2.28. The van der Waals surface area contributed by atoms with Gasteiger partial charge in [0.25, 0.3) is 0 Å². The molecule has 0 bridgehead atoms. The lowest BCUT2D eigenvalue weighted by atomic mass is 10.1. The van der Waals surface area contributed by atoms with Crippen molar-refractivity contribution in [2.75, 3.05) is 13.1 Å². The fourth-order valence-corrected chi connectivity index (χ4v) is 1.78. The quantitative estimate of drug-likeness (QED) is 0.822. The second-order valence-corrected chi connectivity index (χ2v) is 3.71. The molecule has 1 unspecified atom stereocenters. The Labute approximate surface area is 92.1 Å². The average molecular weight is 226 g/mol. The van der Waals surface area contributed by atoms with Gasteiger partial charge in [0.15, 0.2) is 11.6 Å². The van der Waals surface area contributed by atoms with Crippen molar-refractivity contribution in [2.45, 2.75) is 13.0 Å². The summed E-state index contributed by atoms with van der Waals surface area (Å²) in [4.78, 5) is 13.0. The molecule has 2 amide bonds. The SMILES string of the molecule is CCN1CC(c2ccc(F)c(F)c2)NC1=O. The molecule has 0 spiro atoms. The van der Waals surface area contributed by atoms with Crippen molar-refractivity contribution in [3.05, 3.63) is 35.4 Å². The molecular weight excluding hydrogens is 214 g/mol. The lowest BCUT2D eigenvalue weighted by Crippen LogP contribution is -2.27. The summed E-state index contributed by atoms with van der Waals surface area (Å²) < 4.78 is 25.7. The average Bonchev–Trinajstić information content (AvgIpc) is 2.64. The maximum absolute atomic E-state index is 13.0. The first kappa shape index (κ1) is 10.9. The van der Waals surface area contributed by atoms with Crippen LogP contribution in [0.15, 0.2) is 18.2 Å². The van der Waals surface area contributed by atoms with E-state index < -0.39 is 11.6 Å². The molecule has 1 aromatic rings. The Kier molecular flexibility index (Phi) is 2.77. The van der Waals surface area contributed by atoms with Crippen LogP contribution in [0.4, 0.5) is 13.6 Å². The number of rotatable bonds is 2. The zero-order chi connectivity index (χ0) is 11.7. The normalized spacial score (nSPS) is 20.1. The van der Waals surface area contributed by atoms with Crippen molar-refractivity contribution >= 4 is 6.03 Å². The zero-order valence-corrected chi connectivity index (χ0v) is 8.84. The van der Waals surface area contributed by atoms with Gasteiger partial charge in [0.2, 0.25) is 0 Å². The number of nitrogens with zero attached hydrogens (tertiary/aromatic N) is 1. The molecule has 0 aromatic heterocycles. The van der Waals surface area contributed by atoms with Crippen molar-refractivity contribution < 1.29 is 13.6 Å². The number of likely N-dealkylation sites (N-methyl/N-ethyl adjacent to an activating group) is 1. The van der Waals surface area contributed by atoms with Crippen molar-refractivity contribution in [3.8, 4) is 0 Å². The van der Waals surface area contributed by atoms with E-state index in [4.69, 9.17) is 0 Å². The van der Waals surface area contributed by atoms with Crippen molar-refractivity contribution in [3.63, 3.8) is 0 Å². The van der Waals surface area contributed by atoms with E-state index in [1.54, 1.807) is 4.90 Å². The summed E-state index contributed by atoms with van der Waals surface area (Å²) in [6.45, 7) is 2.96. The summed E-state index contributed by atoms with van der Waals surface area (Å²) >= 11 is 0. The highest BCUT2D eigenvalue weighted by atomic mass is 19.2. The maximum Gasteiger partial charge on any atom is 0.318 e. The third-order valence-electron chi connectivity index (χ3n) is 2.72. The summed E-state index contributed by atoms with van der Waals surface area (Å²) in [5, 5.41) is 2.72. The Morgan fingerprint density at radius 2 is 2.19 bits per heavy atom. The van der Waals surface area contributed by atoms with Gasteiger partial charge in [-0.3, -0.25) is 0 Å². The first-order valence-corrected chi connectivity index (χ1v) is 5.12. The maximum atomic E-state index is 13.0. The van der Waals surface area contributed by atoms with Crippen LogP contribution in [0.1, 0.15) is 18.5 Å². The van der Waals surface area contributed by atoms with E-state index >= 15 is 0 Å². The first-order valence-electron chi connectivity index (χ1n) is 5.12. The lowest BCUT2D eigenvalue weighted by molar-refractivity contribution is 0.219. The Balaban J connectivity index is 2.20. The van der Waals surface area contributed by atoms with E-state index in [0.29, 0.717) is 18.7 Å². The fourth-order valence-electron chi connectivity index (χ4n) is 1.78. The molecule has 1 atom stereocenters. The molecule has 0 aliphatic carbocycles. The van der Waals surface area contributed by atoms with E-state index in [0.717, 1.165) is 12.1 Å². The first-order chi connectivity index (χ1) is 7.61. The fraction of sp³-hybridized carbons (Fsp3) is 0.364. The summed E-state index contributed by atoms with van der Waals surface area (Å²) in [6, 6.07) is 3.26. The van der Waals surface area contributed by atoms with E-state index in [2.05, 4.69) is 5.32 Å². The van der Waals surface area contributed by atoms with E-state index in [1.807, 2.05) is 6.92 Å². The number of halogens is 2. The molecule has 16 heavy (non-hydrogen) atoms. The Morgan fingerprint density at radius 3 is 2.75 bits per heavy atom. The number of urea groups is 1. The van der Waals surface area contributed by atoms with Gasteiger partial charge in [0.1, 0.15) is 0 Å². The summed E-state index contributed by atoms with van der Waals surface area (Å²) in [5.74, 6) is -1.76. The van der Waals surface area contributed by atoms with Crippen LogP contribution >= 0.6 is 0 Å². The smallest absolute Gasteiger partial charge is 0.318 e. The number of nitrogens with one attached hydrogen (secondary N) is 1. The van der Waals surface area contributed by atoms with Gasteiger partial charge >= 0.3 is 6.03 Å². The number of benzene rings is 1. The summed E-state index contributed by atoms with van der Waals surface area (Å²) in [6.07, 6.45) is 0. The van der Waals surface area contributed by atoms with Crippen LogP contribution in [0.2, 0.25) is 0 Å². The molecule has 1 heterocycles. The number of carbonyl (C=O) groups excluding carboxylic acids is 1. The van der Waals surface area contributed by atoms with Crippen molar-refractivity contribution in [1.29, 1.82) is 0 Å². The van der Waals surface area contributed by atoms with Crippen LogP contribution < -0.4 is 5.32 Å². The molecule has 1 aliphatic rings. The van der Waals surface area contributed by atoms with Gasteiger partial charge in [-0.1, -0.05) is 6.07 Å². The topological polar surface area (TPSA) is 32.3 Å². The predicted molar refractivity (Wildman–Crippen MR) is 54.9 cm³/mol. The zero-order valence-electron chi connectivity index (χ0n) is 8.84. The molecule has 0 radical (unpaired) electrons. The molecule has 1 N–H and O–H groups in total. The number of hydrogen-bond donors (Lipinski definition) is 1. The third-order valence-corrected chi connectivity index (χ3v) is 2.72. The Bertz CT molecular complexity index is 422. The van der Waals surface area contributed by atoms with Gasteiger partial charge in [-0.05, 0) is 24.6 Å². The second-order valence-electron chi connectivity index (χ2n) is 3.71. The molecule has 1 saturated heterocycles. The van der Waals surface area contributed by atoms with Gasteiger partial charge in [0, 0.05) is 13.1 Å². The van der Waals surface area contributed by atoms with E-state index in [9.17, 15) is 13.6 Å². The number of carbonyl (C=O) groups is 1. The molecule has 3 nitrogen and oxygen atoms in total. The van der Waals surface area contributed by atoms with Crippen LogP contribution in [0.25, 0.3) is 0 Å². The minimum Gasteiger partial charge on any atom is -0.329 e. The van der Waals surface area contributed by atoms with E-state index in [1.165, 1.54) is 6.07 Å². The van der Waals surface area contributed by atoms with Crippen LogP contribution in [0.3, 0.4) is 0 Å². The van der Waals surface area contributed by atoms with Gasteiger partial charge in [-0.2, -0.15) is 0 Å². The lowest BCUT2D eigenvalue weighted by Gasteiger charge is -2.11. The molecule has 1 aromatic carbocycles. The van der Waals surface area contributed by atoms with Crippen LogP contribution in [0, 0.1) is 11.6 Å². The highest BCUT2D eigenvalue weighted by molar-refractivity contribution is 5.77. The molecule has 5 heteroatoms. The minimum absolute atomic E-state index is 0.169. The summed E-state index contributed by atoms with van der Waals surface area (Å²) in [5.41, 5.74) is 0.586. The molecule has 1 fully saturated rings. The monoisotopic (exact) mass is 226 g/mol. The number of hydrogen-bond acceptors (Lipinski definition) is 1. The molecular formula is C11H12F2N2O. The highest BCUT2D eigenvalue weighted by Crippen LogP contribution is 2.21. The van der Waals surface area contributed by atoms with Gasteiger partial charge in [0.05, 0.1) is 6.04 Å². The van der Waals surface area contributed by atoms with Crippen molar-refractivity contribution in [1.82, 2.24) is 10.2 Å². The molecule has 86 valence electrons. The molecule has 0 saturated carbocycles. The van der Waals surface area contributed by atoms with Crippen LogP contribution in [-0.4, -0.2) is 24.0 Å². The van der Waals surface area contributed by atoms with Gasteiger partial charge < -0.3 is 10.2 Å². The van der Waals surface area contributed by atoms with Gasteiger partial charge in [-0.15, -0.1) is 0 Å². The Morgan fingerprint density at radius 1 is 1.44 bits per heavy atom. The number of amides is 2. The van der Waals surface area contributed by atoms with Crippen LogP contribution in [0.5, 0.6) is 0 Å². The second kappa shape index (κ2) is 4.08. The van der Waals surface area contributed by atoms with Crippen LogP contribution in [-0.2, 0) is 0 Å². The Hall–Kier alpha value is -1.65. The summed E-state index contributed by atoms with van der Waals surface area (Å²) in [7, 11) is 0. The molecule has 1 aliphatic heterocycles. The predicted octanol–water partition coefficient (Wildman–Crippen LogP) is 2.05. The standard InChI is InChI=1S/C11H12F2N2O/c1-2-15-6-10(14-11(15)16)7-3-4-8(12)9(13)5-7/h3-5,10H,2,6H2,1H3,(H,14,16). The van der Waals surface area contributed by atoms with Crippen molar-refractivity contribution in [2.24, 2.45) is 0 Å². The largest absolute Gasteiger partial charge is 0.329 e.